The lowest BCUT2D eigenvalue weighted by Crippen LogP contribution is -2.41. The van der Waals surface area contributed by atoms with E-state index in [-0.39, 0.29) is 12.3 Å². The van der Waals surface area contributed by atoms with Crippen LogP contribution in [0.2, 0.25) is 0 Å². The summed E-state index contributed by atoms with van der Waals surface area (Å²) in [5.74, 6) is -0.611. The van der Waals surface area contributed by atoms with Crippen molar-refractivity contribution in [2.75, 3.05) is 0 Å². The van der Waals surface area contributed by atoms with Gasteiger partial charge in [-0.1, -0.05) is 18.2 Å². The second-order valence-electron chi connectivity index (χ2n) is 4.97. The number of sulfonamides is 1. The van der Waals surface area contributed by atoms with Gasteiger partial charge in [0.05, 0.1) is 18.0 Å². The lowest BCUT2D eigenvalue weighted by molar-refractivity contribution is 0.0849. The molecule has 1 aromatic heterocycles. The fraction of sp³-hybridized carbons (Fsp3) is 0.286. The van der Waals surface area contributed by atoms with E-state index < -0.39 is 15.9 Å². The van der Waals surface area contributed by atoms with E-state index in [9.17, 15) is 13.2 Å². The molecule has 7 heteroatoms. The predicted octanol–water partition coefficient (Wildman–Crippen LogP) is 2.25. The Morgan fingerprint density at radius 1 is 1.29 bits per heavy atom. The van der Waals surface area contributed by atoms with Gasteiger partial charge in [-0.3, -0.25) is 4.79 Å². The molecule has 1 amide bonds. The third kappa shape index (κ3) is 2.47. The number of benzene rings is 1. The average molecular weight is 322 g/mol. The number of aromatic nitrogens is 1. The van der Waals surface area contributed by atoms with Gasteiger partial charge in [-0.15, -0.1) is 11.3 Å². The topological polar surface area (TPSA) is 67.3 Å². The maximum atomic E-state index is 12.5. The summed E-state index contributed by atoms with van der Waals surface area (Å²) in [6.07, 6.45) is 0. The average Bonchev–Trinajstić information content (AvgIpc) is 2.73. The first-order chi connectivity index (χ1) is 9.88. The molecule has 2 aromatic rings. The Morgan fingerprint density at radius 3 is 2.67 bits per heavy atom. The van der Waals surface area contributed by atoms with Crippen molar-refractivity contribution in [3.05, 3.63) is 51.0 Å². The molecule has 0 saturated heterocycles. The number of rotatable bonds is 2. The van der Waals surface area contributed by atoms with E-state index in [1.165, 1.54) is 11.3 Å². The van der Waals surface area contributed by atoms with E-state index in [1.54, 1.807) is 24.3 Å². The van der Waals surface area contributed by atoms with Crippen molar-refractivity contribution in [2.24, 2.45) is 0 Å². The van der Waals surface area contributed by atoms with Crippen molar-refractivity contribution in [3.8, 4) is 0 Å². The van der Waals surface area contributed by atoms with Gasteiger partial charge in [-0.05, 0) is 25.5 Å². The number of nitrogens with zero attached hydrogens (tertiary/aromatic N) is 2. The minimum absolute atomic E-state index is 0.00878. The summed E-state index contributed by atoms with van der Waals surface area (Å²) in [7, 11) is -3.64. The standard InChI is InChI=1S/C14H14N2O3S2/c1-9-10(2)20-13(15-9)7-16-14(17)12-6-4-3-5-11(12)8-21(16,18)19/h3-6H,7-8H2,1-2H3. The van der Waals surface area contributed by atoms with E-state index >= 15 is 0 Å². The first kappa shape index (κ1) is 14.2. The van der Waals surface area contributed by atoms with Crippen molar-refractivity contribution < 1.29 is 13.2 Å². The number of fused-ring (bicyclic) bond motifs is 1. The molecule has 110 valence electrons. The minimum atomic E-state index is -3.64. The van der Waals surface area contributed by atoms with Crippen LogP contribution in [0.15, 0.2) is 24.3 Å². The van der Waals surface area contributed by atoms with Crippen LogP contribution in [-0.4, -0.2) is 23.6 Å². The Bertz CT molecular complexity index is 805. The van der Waals surface area contributed by atoms with E-state index in [0.29, 0.717) is 16.1 Å². The van der Waals surface area contributed by atoms with Gasteiger partial charge in [0.25, 0.3) is 5.91 Å². The van der Waals surface area contributed by atoms with E-state index in [2.05, 4.69) is 4.98 Å². The second-order valence-corrected chi connectivity index (χ2v) is 8.16. The van der Waals surface area contributed by atoms with Gasteiger partial charge < -0.3 is 0 Å². The van der Waals surface area contributed by atoms with Gasteiger partial charge in [0.15, 0.2) is 0 Å². The number of hydrogen-bond acceptors (Lipinski definition) is 5. The SMILES string of the molecule is Cc1nc(CN2C(=O)c3ccccc3CS2(=O)=O)sc1C. The number of aryl methyl sites for hydroxylation is 2. The summed E-state index contributed by atoms with van der Waals surface area (Å²) < 4.78 is 25.6. The zero-order valence-electron chi connectivity index (χ0n) is 11.7. The van der Waals surface area contributed by atoms with Crippen LogP contribution in [0.25, 0.3) is 0 Å². The number of carbonyl (C=O) groups is 1. The molecule has 21 heavy (non-hydrogen) atoms. The van der Waals surface area contributed by atoms with Crippen molar-refractivity contribution in [1.82, 2.24) is 9.29 Å². The van der Waals surface area contributed by atoms with Crippen molar-refractivity contribution in [3.63, 3.8) is 0 Å². The van der Waals surface area contributed by atoms with Gasteiger partial charge in [0, 0.05) is 10.4 Å². The summed E-state index contributed by atoms with van der Waals surface area (Å²) in [5.41, 5.74) is 1.89. The molecule has 0 unspecified atom stereocenters. The summed E-state index contributed by atoms with van der Waals surface area (Å²) in [4.78, 5) is 17.8. The second kappa shape index (κ2) is 4.92. The Morgan fingerprint density at radius 2 is 2.00 bits per heavy atom. The van der Waals surface area contributed by atoms with Gasteiger partial charge >= 0.3 is 0 Å². The lowest BCUT2D eigenvalue weighted by atomic mass is 10.1. The molecule has 3 rings (SSSR count). The molecular formula is C14H14N2O3S2. The molecule has 0 radical (unpaired) electrons. The Labute approximate surface area is 127 Å². The van der Waals surface area contributed by atoms with Crippen molar-refractivity contribution >= 4 is 27.3 Å². The van der Waals surface area contributed by atoms with Crippen LogP contribution in [0.1, 0.15) is 31.5 Å². The van der Waals surface area contributed by atoms with Crippen LogP contribution in [-0.2, 0) is 22.3 Å². The first-order valence-corrected chi connectivity index (χ1v) is 8.86. The van der Waals surface area contributed by atoms with Crippen LogP contribution in [0.5, 0.6) is 0 Å². The zero-order valence-corrected chi connectivity index (χ0v) is 13.3. The number of thiazole rings is 1. The summed E-state index contributed by atoms with van der Waals surface area (Å²) in [5, 5.41) is 0.640. The minimum Gasteiger partial charge on any atom is -0.268 e. The molecule has 0 atom stereocenters. The molecule has 0 aliphatic carbocycles. The lowest BCUT2D eigenvalue weighted by Gasteiger charge is -2.27. The molecular weight excluding hydrogens is 308 g/mol. The Balaban J connectivity index is 2.00. The summed E-state index contributed by atoms with van der Waals surface area (Å²) >= 11 is 1.42. The quantitative estimate of drug-likeness (QED) is 0.850. The highest BCUT2D eigenvalue weighted by atomic mass is 32.2. The maximum Gasteiger partial charge on any atom is 0.268 e. The smallest absolute Gasteiger partial charge is 0.268 e. The van der Waals surface area contributed by atoms with Crippen molar-refractivity contribution in [2.45, 2.75) is 26.1 Å². The van der Waals surface area contributed by atoms with Crippen LogP contribution in [0, 0.1) is 13.8 Å². The largest absolute Gasteiger partial charge is 0.268 e. The van der Waals surface area contributed by atoms with Gasteiger partial charge in [0.1, 0.15) is 5.01 Å². The number of carbonyl (C=O) groups excluding carboxylic acids is 1. The number of hydrogen-bond donors (Lipinski definition) is 0. The number of amides is 1. The van der Waals surface area contributed by atoms with E-state index in [1.807, 2.05) is 13.8 Å². The van der Waals surface area contributed by atoms with Crippen LogP contribution in [0.4, 0.5) is 0 Å². The van der Waals surface area contributed by atoms with Crippen LogP contribution >= 0.6 is 11.3 Å². The zero-order chi connectivity index (χ0) is 15.2. The normalized spacial score (nSPS) is 16.9. The molecule has 0 fully saturated rings. The molecule has 2 heterocycles. The van der Waals surface area contributed by atoms with Crippen LogP contribution < -0.4 is 0 Å². The highest BCUT2D eigenvalue weighted by molar-refractivity contribution is 7.89. The Hall–Kier alpha value is -1.73. The Kier molecular flexibility index (Phi) is 3.33. The van der Waals surface area contributed by atoms with Crippen LogP contribution in [0.3, 0.4) is 0 Å². The molecule has 1 aliphatic rings. The highest BCUT2D eigenvalue weighted by Crippen LogP contribution is 2.27. The molecule has 1 aliphatic heterocycles. The summed E-state index contributed by atoms with van der Waals surface area (Å²) in [6.45, 7) is 3.81. The summed E-state index contributed by atoms with van der Waals surface area (Å²) in [6, 6.07) is 6.83. The van der Waals surface area contributed by atoms with E-state index in [0.717, 1.165) is 14.9 Å². The monoisotopic (exact) mass is 322 g/mol. The molecule has 0 bridgehead atoms. The predicted molar refractivity (Wildman–Crippen MR) is 80.5 cm³/mol. The molecule has 5 nitrogen and oxygen atoms in total. The molecule has 1 aromatic carbocycles. The molecule has 0 N–H and O–H groups in total. The highest BCUT2D eigenvalue weighted by Gasteiger charge is 2.36. The van der Waals surface area contributed by atoms with Crippen molar-refractivity contribution in [1.29, 1.82) is 0 Å². The van der Waals surface area contributed by atoms with Gasteiger partial charge in [-0.2, -0.15) is 0 Å². The third-order valence-electron chi connectivity index (χ3n) is 3.50. The fourth-order valence-corrected chi connectivity index (χ4v) is 4.76. The maximum absolute atomic E-state index is 12.5. The van der Waals surface area contributed by atoms with E-state index in [4.69, 9.17) is 0 Å². The third-order valence-corrected chi connectivity index (χ3v) is 6.20. The molecule has 0 saturated carbocycles. The molecule has 0 spiro atoms. The fourth-order valence-electron chi connectivity index (χ4n) is 2.29. The van der Waals surface area contributed by atoms with Gasteiger partial charge in [-0.25, -0.2) is 17.7 Å². The first-order valence-electron chi connectivity index (χ1n) is 6.44. The van der Waals surface area contributed by atoms with Gasteiger partial charge in [0.2, 0.25) is 10.0 Å².